The molecule has 1 aromatic rings. The van der Waals surface area contributed by atoms with Crippen molar-refractivity contribution in [1.82, 2.24) is 15.5 Å². The van der Waals surface area contributed by atoms with Gasteiger partial charge in [0.15, 0.2) is 0 Å². The molecule has 0 saturated carbocycles. The first-order valence-corrected chi connectivity index (χ1v) is 6.88. The standard InChI is InChI=1S/C15H23N3O/c1-11-8-12(2)14(13(3)9-11)10-17-15(19)18-6-4-16-5-7-18/h8-9,16H,4-7,10H2,1-3H3,(H,17,19). The van der Waals surface area contributed by atoms with Gasteiger partial charge in [0.05, 0.1) is 0 Å². The SMILES string of the molecule is Cc1cc(C)c(CNC(=O)N2CCNCC2)c(C)c1. The van der Waals surface area contributed by atoms with Crippen LogP contribution < -0.4 is 10.6 Å². The Morgan fingerprint density at radius 3 is 2.37 bits per heavy atom. The van der Waals surface area contributed by atoms with Crippen LogP contribution in [0.15, 0.2) is 12.1 Å². The Labute approximate surface area is 115 Å². The van der Waals surface area contributed by atoms with E-state index in [1.54, 1.807) is 0 Å². The Morgan fingerprint density at radius 1 is 1.21 bits per heavy atom. The van der Waals surface area contributed by atoms with Gasteiger partial charge in [0.25, 0.3) is 0 Å². The normalized spacial score (nSPS) is 15.4. The number of amides is 2. The third-order valence-electron chi connectivity index (χ3n) is 3.66. The molecular formula is C15H23N3O. The fourth-order valence-corrected chi connectivity index (χ4v) is 2.63. The molecule has 4 heteroatoms. The summed E-state index contributed by atoms with van der Waals surface area (Å²) in [6.45, 7) is 10.3. The summed E-state index contributed by atoms with van der Waals surface area (Å²) in [5, 5.41) is 6.28. The molecule has 2 amide bonds. The van der Waals surface area contributed by atoms with E-state index >= 15 is 0 Å². The Bertz CT molecular complexity index is 441. The maximum absolute atomic E-state index is 12.0. The summed E-state index contributed by atoms with van der Waals surface area (Å²) >= 11 is 0. The second-order valence-corrected chi connectivity index (χ2v) is 5.27. The van der Waals surface area contributed by atoms with Crippen LogP contribution in [-0.2, 0) is 6.54 Å². The third-order valence-corrected chi connectivity index (χ3v) is 3.66. The Balaban J connectivity index is 1.96. The molecule has 19 heavy (non-hydrogen) atoms. The lowest BCUT2D eigenvalue weighted by Gasteiger charge is -2.27. The molecule has 1 saturated heterocycles. The molecule has 0 unspecified atom stereocenters. The van der Waals surface area contributed by atoms with Crippen molar-refractivity contribution >= 4 is 6.03 Å². The van der Waals surface area contributed by atoms with Crippen molar-refractivity contribution in [2.24, 2.45) is 0 Å². The number of urea groups is 1. The molecular weight excluding hydrogens is 238 g/mol. The van der Waals surface area contributed by atoms with Crippen LogP contribution in [0, 0.1) is 20.8 Å². The highest BCUT2D eigenvalue weighted by Crippen LogP contribution is 2.16. The molecule has 0 aliphatic carbocycles. The molecule has 2 rings (SSSR count). The smallest absolute Gasteiger partial charge is 0.317 e. The van der Waals surface area contributed by atoms with Crippen molar-refractivity contribution in [1.29, 1.82) is 0 Å². The summed E-state index contributed by atoms with van der Waals surface area (Å²) in [5.74, 6) is 0. The first-order valence-electron chi connectivity index (χ1n) is 6.88. The van der Waals surface area contributed by atoms with Gasteiger partial charge in [-0.3, -0.25) is 0 Å². The van der Waals surface area contributed by atoms with Crippen LogP contribution in [0.1, 0.15) is 22.3 Å². The van der Waals surface area contributed by atoms with Crippen LogP contribution in [0.3, 0.4) is 0 Å². The van der Waals surface area contributed by atoms with E-state index in [1.807, 2.05) is 4.90 Å². The zero-order valence-corrected chi connectivity index (χ0v) is 12.0. The first-order chi connectivity index (χ1) is 9.08. The molecule has 0 aromatic heterocycles. The van der Waals surface area contributed by atoms with Gasteiger partial charge in [0.1, 0.15) is 0 Å². The average Bonchev–Trinajstić information content (AvgIpc) is 2.38. The summed E-state index contributed by atoms with van der Waals surface area (Å²) in [4.78, 5) is 13.9. The van der Waals surface area contributed by atoms with Crippen LogP contribution in [0.5, 0.6) is 0 Å². The van der Waals surface area contributed by atoms with E-state index in [2.05, 4.69) is 43.5 Å². The maximum Gasteiger partial charge on any atom is 0.317 e. The zero-order valence-electron chi connectivity index (χ0n) is 12.0. The lowest BCUT2D eigenvalue weighted by atomic mass is 10.00. The van der Waals surface area contributed by atoms with E-state index in [0.717, 1.165) is 26.2 Å². The van der Waals surface area contributed by atoms with Gasteiger partial charge in [0, 0.05) is 32.7 Å². The zero-order chi connectivity index (χ0) is 13.8. The molecule has 0 spiro atoms. The minimum atomic E-state index is 0.0425. The van der Waals surface area contributed by atoms with E-state index in [4.69, 9.17) is 0 Å². The number of hydrogen-bond donors (Lipinski definition) is 2. The minimum Gasteiger partial charge on any atom is -0.334 e. The number of rotatable bonds is 2. The van der Waals surface area contributed by atoms with Gasteiger partial charge in [-0.05, 0) is 37.5 Å². The number of nitrogens with one attached hydrogen (secondary N) is 2. The van der Waals surface area contributed by atoms with Crippen molar-refractivity contribution in [2.45, 2.75) is 27.3 Å². The van der Waals surface area contributed by atoms with E-state index in [0.29, 0.717) is 6.54 Å². The Morgan fingerprint density at radius 2 is 1.79 bits per heavy atom. The third kappa shape index (κ3) is 3.47. The number of benzene rings is 1. The first kappa shape index (κ1) is 13.9. The van der Waals surface area contributed by atoms with Crippen molar-refractivity contribution < 1.29 is 4.79 Å². The molecule has 1 fully saturated rings. The molecule has 0 radical (unpaired) electrons. The van der Waals surface area contributed by atoms with Crippen LogP contribution >= 0.6 is 0 Å². The van der Waals surface area contributed by atoms with E-state index < -0.39 is 0 Å². The number of piperazine rings is 1. The monoisotopic (exact) mass is 261 g/mol. The van der Waals surface area contributed by atoms with E-state index in [9.17, 15) is 4.79 Å². The van der Waals surface area contributed by atoms with Crippen molar-refractivity contribution in [3.63, 3.8) is 0 Å². The second kappa shape index (κ2) is 6.06. The molecule has 1 aromatic carbocycles. The minimum absolute atomic E-state index is 0.0425. The molecule has 2 N–H and O–H groups in total. The Kier molecular flexibility index (Phi) is 4.43. The number of carbonyl (C=O) groups is 1. The topological polar surface area (TPSA) is 44.4 Å². The highest BCUT2D eigenvalue weighted by Gasteiger charge is 2.16. The van der Waals surface area contributed by atoms with Gasteiger partial charge in [0.2, 0.25) is 0 Å². The van der Waals surface area contributed by atoms with E-state index in [-0.39, 0.29) is 6.03 Å². The van der Waals surface area contributed by atoms with Gasteiger partial charge in [-0.15, -0.1) is 0 Å². The van der Waals surface area contributed by atoms with Gasteiger partial charge in [-0.1, -0.05) is 17.7 Å². The molecule has 1 aliphatic rings. The number of nitrogens with zero attached hydrogens (tertiary/aromatic N) is 1. The van der Waals surface area contributed by atoms with E-state index in [1.165, 1.54) is 22.3 Å². The summed E-state index contributed by atoms with van der Waals surface area (Å²) in [5.41, 5.74) is 5.00. The predicted molar refractivity (Wildman–Crippen MR) is 77.3 cm³/mol. The van der Waals surface area contributed by atoms with Crippen molar-refractivity contribution in [3.05, 3.63) is 34.4 Å². The lowest BCUT2D eigenvalue weighted by Crippen LogP contribution is -2.50. The van der Waals surface area contributed by atoms with Gasteiger partial charge >= 0.3 is 6.03 Å². The second-order valence-electron chi connectivity index (χ2n) is 5.27. The van der Waals surface area contributed by atoms with Gasteiger partial charge in [-0.25, -0.2) is 4.79 Å². The number of hydrogen-bond acceptors (Lipinski definition) is 2. The fourth-order valence-electron chi connectivity index (χ4n) is 2.63. The molecule has 1 heterocycles. The summed E-state index contributed by atoms with van der Waals surface area (Å²) in [6.07, 6.45) is 0. The highest BCUT2D eigenvalue weighted by molar-refractivity contribution is 5.74. The largest absolute Gasteiger partial charge is 0.334 e. The van der Waals surface area contributed by atoms with Crippen LogP contribution in [0.2, 0.25) is 0 Å². The highest BCUT2D eigenvalue weighted by atomic mass is 16.2. The molecule has 1 aliphatic heterocycles. The lowest BCUT2D eigenvalue weighted by molar-refractivity contribution is 0.189. The molecule has 0 atom stereocenters. The summed E-state index contributed by atoms with van der Waals surface area (Å²) in [6, 6.07) is 4.37. The number of aryl methyl sites for hydroxylation is 3. The summed E-state index contributed by atoms with van der Waals surface area (Å²) in [7, 11) is 0. The molecule has 4 nitrogen and oxygen atoms in total. The summed E-state index contributed by atoms with van der Waals surface area (Å²) < 4.78 is 0. The van der Waals surface area contributed by atoms with Crippen LogP contribution in [0.4, 0.5) is 4.79 Å². The van der Waals surface area contributed by atoms with Gasteiger partial charge in [-0.2, -0.15) is 0 Å². The van der Waals surface area contributed by atoms with Crippen molar-refractivity contribution in [2.75, 3.05) is 26.2 Å². The van der Waals surface area contributed by atoms with Crippen molar-refractivity contribution in [3.8, 4) is 0 Å². The average molecular weight is 261 g/mol. The molecule has 104 valence electrons. The number of carbonyl (C=O) groups excluding carboxylic acids is 1. The quantitative estimate of drug-likeness (QED) is 0.851. The Hall–Kier alpha value is -1.55. The molecule has 0 bridgehead atoms. The van der Waals surface area contributed by atoms with Crippen LogP contribution in [-0.4, -0.2) is 37.1 Å². The fraction of sp³-hybridized carbons (Fsp3) is 0.533. The van der Waals surface area contributed by atoms with Crippen LogP contribution in [0.25, 0.3) is 0 Å². The maximum atomic E-state index is 12.0. The predicted octanol–water partition coefficient (Wildman–Crippen LogP) is 1.73. The van der Waals surface area contributed by atoms with Gasteiger partial charge < -0.3 is 15.5 Å².